The van der Waals surface area contributed by atoms with Crippen LogP contribution in [0.15, 0.2) is 36.4 Å². The van der Waals surface area contributed by atoms with Crippen LogP contribution in [0.2, 0.25) is 0 Å². The molecular weight excluding hydrogens is 359 g/mol. The van der Waals surface area contributed by atoms with Gasteiger partial charge in [-0.05, 0) is 66.8 Å². The normalized spacial score (nSPS) is 20.7. The summed E-state index contributed by atoms with van der Waals surface area (Å²) in [5, 5.41) is 0. The molecule has 0 radical (unpaired) electrons. The Bertz CT molecular complexity index is 786. The highest BCUT2D eigenvalue weighted by Crippen LogP contribution is 2.39. The molecule has 0 bridgehead atoms. The van der Waals surface area contributed by atoms with Gasteiger partial charge in [0.15, 0.2) is 0 Å². The van der Waals surface area contributed by atoms with Gasteiger partial charge >= 0.3 is 6.18 Å². The van der Waals surface area contributed by atoms with Crippen molar-refractivity contribution in [1.82, 2.24) is 0 Å². The summed E-state index contributed by atoms with van der Waals surface area (Å²) < 4.78 is 66.4. The molecule has 0 unspecified atom stereocenters. The molecule has 146 valence electrons. The van der Waals surface area contributed by atoms with E-state index in [-0.39, 0.29) is 11.1 Å². The van der Waals surface area contributed by atoms with Crippen LogP contribution in [0, 0.1) is 17.6 Å². The van der Waals surface area contributed by atoms with E-state index >= 15 is 0 Å². The molecule has 1 fully saturated rings. The maximum atomic E-state index is 14.6. The molecule has 0 saturated heterocycles. The van der Waals surface area contributed by atoms with Gasteiger partial charge in [-0.25, -0.2) is 8.78 Å². The zero-order chi connectivity index (χ0) is 19.6. The first kappa shape index (κ1) is 19.8. The second-order valence-electron chi connectivity index (χ2n) is 7.44. The van der Waals surface area contributed by atoms with Gasteiger partial charge in [0.25, 0.3) is 0 Å². The maximum Gasteiger partial charge on any atom is 0.419 e. The molecule has 0 heterocycles. The molecule has 1 saturated carbocycles. The molecule has 0 nitrogen and oxygen atoms in total. The lowest BCUT2D eigenvalue weighted by molar-refractivity contribution is -0.139. The Morgan fingerprint density at radius 1 is 0.889 bits per heavy atom. The van der Waals surface area contributed by atoms with Gasteiger partial charge in [-0.3, -0.25) is 0 Å². The number of hydrogen-bond donors (Lipinski definition) is 0. The predicted molar refractivity (Wildman–Crippen MR) is 96.4 cm³/mol. The van der Waals surface area contributed by atoms with Crippen molar-refractivity contribution in [3.05, 3.63) is 59.2 Å². The zero-order valence-corrected chi connectivity index (χ0v) is 15.3. The SMILES string of the molecule is CCCC1CCC(c2ccc(-c3ccc(C(F)(F)F)c(F)c3)c(F)c2)CC1. The minimum atomic E-state index is -4.76. The first-order chi connectivity index (χ1) is 12.8. The lowest BCUT2D eigenvalue weighted by Gasteiger charge is -2.28. The van der Waals surface area contributed by atoms with Crippen LogP contribution < -0.4 is 0 Å². The van der Waals surface area contributed by atoms with E-state index in [2.05, 4.69) is 6.92 Å². The van der Waals surface area contributed by atoms with Gasteiger partial charge in [0.2, 0.25) is 0 Å². The van der Waals surface area contributed by atoms with Crippen LogP contribution in [-0.4, -0.2) is 0 Å². The fourth-order valence-corrected chi connectivity index (χ4v) is 4.12. The van der Waals surface area contributed by atoms with Crippen molar-refractivity contribution in [2.24, 2.45) is 5.92 Å². The monoisotopic (exact) mass is 382 g/mol. The van der Waals surface area contributed by atoms with Crippen LogP contribution in [0.1, 0.15) is 62.5 Å². The van der Waals surface area contributed by atoms with Gasteiger partial charge < -0.3 is 0 Å². The van der Waals surface area contributed by atoms with Crippen LogP contribution >= 0.6 is 0 Å². The van der Waals surface area contributed by atoms with Crippen LogP contribution in [0.4, 0.5) is 22.0 Å². The van der Waals surface area contributed by atoms with Crippen molar-refractivity contribution in [1.29, 1.82) is 0 Å². The summed E-state index contributed by atoms with van der Waals surface area (Å²) in [6.07, 6.45) is 2.00. The first-order valence-corrected chi connectivity index (χ1v) is 9.46. The average Bonchev–Trinajstić information content (AvgIpc) is 2.61. The third-order valence-corrected chi connectivity index (χ3v) is 5.59. The first-order valence-electron chi connectivity index (χ1n) is 9.46. The van der Waals surface area contributed by atoms with Crippen molar-refractivity contribution >= 4 is 0 Å². The Balaban J connectivity index is 1.79. The molecule has 0 atom stereocenters. The standard InChI is InChI=1S/C22H23F5/c1-2-3-14-4-6-15(7-5-14)16-8-10-18(20(23)12-16)17-9-11-19(21(24)13-17)22(25,26)27/h8-15H,2-7H2,1H3. The number of halogens is 5. The van der Waals surface area contributed by atoms with E-state index in [0.29, 0.717) is 12.0 Å². The lowest BCUT2D eigenvalue weighted by Crippen LogP contribution is -2.13. The molecule has 5 heteroatoms. The van der Waals surface area contributed by atoms with Gasteiger partial charge in [-0.2, -0.15) is 13.2 Å². The molecule has 0 spiro atoms. The highest BCUT2D eigenvalue weighted by atomic mass is 19.4. The van der Waals surface area contributed by atoms with E-state index in [1.807, 2.05) is 6.07 Å². The van der Waals surface area contributed by atoms with Crippen molar-refractivity contribution < 1.29 is 22.0 Å². The Kier molecular flexibility index (Phi) is 5.87. The van der Waals surface area contributed by atoms with Gasteiger partial charge in [-0.1, -0.05) is 38.0 Å². The maximum absolute atomic E-state index is 14.6. The molecule has 27 heavy (non-hydrogen) atoms. The van der Waals surface area contributed by atoms with Gasteiger partial charge in [0, 0.05) is 5.56 Å². The van der Waals surface area contributed by atoms with Crippen molar-refractivity contribution in [2.75, 3.05) is 0 Å². The molecule has 0 aromatic heterocycles. The largest absolute Gasteiger partial charge is 0.419 e. The zero-order valence-electron chi connectivity index (χ0n) is 15.3. The van der Waals surface area contributed by atoms with E-state index in [1.165, 1.54) is 18.9 Å². The molecule has 0 aliphatic heterocycles. The highest BCUT2D eigenvalue weighted by molar-refractivity contribution is 5.65. The summed E-state index contributed by atoms with van der Waals surface area (Å²) >= 11 is 0. The summed E-state index contributed by atoms with van der Waals surface area (Å²) in [5.41, 5.74) is -0.201. The highest BCUT2D eigenvalue weighted by Gasteiger charge is 2.34. The summed E-state index contributed by atoms with van der Waals surface area (Å²) in [5.74, 6) is -0.850. The Morgan fingerprint density at radius 2 is 1.59 bits per heavy atom. The van der Waals surface area contributed by atoms with E-state index in [1.54, 1.807) is 6.07 Å². The minimum Gasteiger partial charge on any atom is -0.206 e. The van der Waals surface area contributed by atoms with Gasteiger partial charge in [0.05, 0.1) is 5.56 Å². The quantitative estimate of drug-likeness (QED) is 0.475. The summed E-state index contributed by atoms with van der Waals surface area (Å²) in [6.45, 7) is 2.18. The molecule has 2 aromatic carbocycles. The van der Waals surface area contributed by atoms with Crippen molar-refractivity contribution in [3.63, 3.8) is 0 Å². The Hall–Kier alpha value is -1.91. The summed E-state index contributed by atoms with van der Waals surface area (Å²) in [7, 11) is 0. The molecule has 1 aliphatic rings. The van der Waals surface area contributed by atoms with Crippen LogP contribution in [0.3, 0.4) is 0 Å². The third-order valence-electron chi connectivity index (χ3n) is 5.59. The predicted octanol–water partition coefficient (Wildman–Crippen LogP) is 7.72. The van der Waals surface area contributed by atoms with Gasteiger partial charge in [0.1, 0.15) is 11.6 Å². The fraction of sp³-hybridized carbons (Fsp3) is 0.455. The molecule has 2 aromatic rings. The number of benzene rings is 2. The topological polar surface area (TPSA) is 0 Å². The number of hydrogen-bond acceptors (Lipinski definition) is 0. The van der Waals surface area contributed by atoms with E-state index < -0.39 is 23.4 Å². The molecule has 1 aliphatic carbocycles. The van der Waals surface area contributed by atoms with Crippen LogP contribution in [0.25, 0.3) is 11.1 Å². The minimum absolute atomic E-state index is 0.108. The second kappa shape index (κ2) is 7.99. The fourth-order valence-electron chi connectivity index (χ4n) is 4.12. The molecular formula is C22H23F5. The van der Waals surface area contributed by atoms with Crippen LogP contribution in [0.5, 0.6) is 0 Å². The summed E-state index contributed by atoms with van der Waals surface area (Å²) in [6, 6.07) is 7.34. The van der Waals surface area contributed by atoms with Gasteiger partial charge in [-0.15, -0.1) is 0 Å². The van der Waals surface area contributed by atoms with E-state index in [0.717, 1.165) is 49.3 Å². The average molecular weight is 382 g/mol. The number of rotatable bonds is 4. The Labute approximate surface area is 156 Å². The second-order valence-corrected chi connectivity index (χ2v) is 7.44. The third kappa shape index (κ3) is 4.50. The molecule has 0 amide bonds. The van der Waals surface area contributed by atoms with Crippen molar-refractivity contribution in [3.8, 4) is 11.1 Å². The number of alkyl halides is 3. The molecule has 3 rings (SSSR count). The smallest absolute Gasteiger partial charge is 0.206 e. The van der Waals surface area contributed by atoms with Crippen molar-refractivity contribution in [2.45, 2.75) is 57.5 Å². The lowest BCUT2D eigenvalue weighted by atomic mass is 9.77. The van der Waals surface area contributed by atoms with E-state index in [4.69, 9.17) is 0 Å². The summed E-state index contributed by atoms with van der Waals surface area (Å²) in [4.78, 5) is 0. The van der Waals surface area contributed by atoms with Crippen LogP contribution in [-0.2, 0) is 6.18 Å². The molecule has 0 N–H and O–H groups in total. The Morgan fingerprint density at radius 3 is 2.15 bits per heavy atom. The van der Waals surface area contributed by atoms with E-state index in [9.17, 15) is 22.0 Å².